The van der Waals surface area contributed by atoms with Gasteiger partial charge in [-0.1, -0.05) is 47.0 Å². The van der Waals surface area contributed by atoms with Crippen molar-refractivity contribution in [3.8, 4) is 0 Å². The minimum absolute atomic E-state index is 0.200. The van der Waals surface area contributed by atoms with Crippen LogP contribution in [0.25, 0.3) is 291 Å². The van der Waals surface area contributed by atoms with Crippen LogP contribution >= 0.6 is 70.6 Å². The maximum absolute atomic E-state index is 2.29. The first kappa shape index (κ1) is 31.2. The van der Waals surface area contributed by atoms with Gasteiger partial charge in [-0.3, -0.25) is 0 Å². The maximum Gasteiger partial charge on any atom is 0.0717 e. The van der Waals surface area contributed by atoms with Crippen molar-refractivity contribution in [2.45, 2.75) is 23.7 Å². The lowest BCUT2D eigenvalue weighted by Gasteiger charge is -2.57. The van der Waals surface area contributed by atoms with Crippen LogP contribution in [0.1, 0.15) is 35.1 Å². The highest BCUT2D eigenvalue weighted by Crippen LogP contribution is 2.87. The van der Waals surface area contributed by atoms with Crippen LogP contribution in [0.4, 0.5) is 0 Å². The summed E-state index contributed by atoms with van der Waals surface area (Å²) in [4.78, 5) is 3.42. The maximum atomic E-state index is 2.29. The molecule has 28 aromatic rings. The molecule has 0 radical (unpaired) electrons. The zero-order valence-electron chi connectivity index (χ0n) is 38.9. The summed E-state index contributed by atoms with van der Waals surface area (Å²) in [5.74, 6) is 0. The van der Waals surface area contributed by atoms with E-state index in [9.17, 15) is 0 Å². The Morgan fingerprint density at radius 2 is 0.355 bits per heavy atom. The first-order valence-electron chi connectivity index (χ1n) is 27.5. The molecule has 35 rings (SSSR count). The van der Waals surface area contributed by atoms with Gasteiger partial charge >= 0.3 is 0 Å². The number of benzene rings is 18. The smallest absolute Gasteiger partial charge is 0.0717 e. The molecule has 0 atom stereocenters. The van der Waals surface area contributed by atoms with Gasteiger partial charge in [-0.05, 0) is 338 Å². The van der Waals surface area contributed by atoms with Gasteiger partial charge in [-0.2, -0.15) is 0 Å². The SMILES string of the molecule is CSC1=C(SC)SC(=C2SC3=C(CC45c6c7c8c9c%10c%11c(c%12c%13c4c4c6c6c%14c7c7c8c8c%10c%10c%15c%11c%11c%12c%12c%13c%13c4c4c6c6c%14c%14c7c7c8c%10c8c%10c%15c%11c%11c%12c%12c%13c4c4c6c6c%14c7c8c7c%10c%11c%12c4c67)C95C3)S2)S1. The third-order valence-corrected chi connectivity index (χ3v) is 34.8. The van der Waals surface area contributed by atoms with Crippen molar-refractivity contribution >= 4 is 361 Å². The van der Waals surface area contributed by atoms with Gasteiger partial charge in [0, 0.05) is 20.6 Å². The predicted molar refractivity (Wildman–Crippen MR) is 342 cm³/mol. The molecule has 0 amide bonds. The summed E-state index contributed by atoms with van der Waals surface area (Å²) in [6, 6.07) is 0. The minimum atomic E-state index is -0.200. The zero-order valence-corrected chi connectivity index (χ0v) is 43.8. The lowest BCUT2D eigenvalue weighted by molar-refractivity contribution is 0.309. The lowest BCUT2D eigenvalue weighted by Crippen LogP contribution is -2.53. The molecule has 76 heavy (non-hydrogen) atoms. The fraction of sp³-hybridized carbons (Fsp3) is 0.0857. The van der Waals surface area contributed by atoms with Crippen molar-refractivity contribution < 1.29 is 0 Å². The quantitative estimate of drug-likeness (QED) is 0.157. The van der Waals surface area contributed by atoms with Crippen LogP contribution in [0.3, 0.4) is 0 Å². The Labute approximate surface area is 442 Å². The number of allylic oxidation sites excluding steroid dienone is 2. The summed E-state index contributed by atoms with van der Waals surface area (Å²) in [6.07, 6.45) is 6.83. The molecular weight excluding hydrogens is 1030 g/mol. The molecule has 2 heterocycles. The van der Waals surface area contributed by atoms with Crippen LogP contribution < -0.4 is 0 Å². The van der Waals surface area contributed by atoms with E-state index in [0.29, 0.717) is 0 Å². The van der Waals surface area contributed by atoms with Gasteiger partial charge in [0.2, 0.25) is 0 Å². The van der Waals surface area contributed by atoms with Crippen LogP contribution in [0.5, 0.6) is 0 Å². The highest BCUT2D eigenvalue weighted by Gasteiger charge is 2.71. The Kier molecular flexibility index (Phi) is 3.07. The average Bonchev–Trinajstić information content (AvgIpc) is 2.11. The molecule has 0 unspecified atom stereocenters. The fourth-order valence-electron chi connectivity index (χ4n) is 26.0. The van der Waals surface area contributed by atoms with Gasteiger partial charge < -0.3 is 0 Å². The number of hydrogen-bond donors (Lipinski definition) is 0. The molecule has 28 aromatic carbocycles. The molecule has 6 heteroatoms. The summed E-state index contributed by atoms with van der Waals surface area (Å²) in [5.41, 5.74) is 6.88. The summed E-state index contributed by atoms with van der Waals surface area (Å²) >= 11 is 12.5. The monoisotopic (exact) mass is 1040 g/mol. The molecular formula is C70H10S6. The molecule has 2 aliphatic heterocycles. The van der Waals surface area contributed by atoms with E-state index >= 15 is 0 Å². The van der Waals surface area contributed by atoms with Crippen molar-refractivity contribution in [1.29, 1.82) is 0 Å². The third-order valence-electron chi connectivity index (χ3n) is 26.4. The topological polar surface area (TPSA) is 0 Å². The molecule has 2 spiro atoms. The molecule has 0 N–H and O–H groups in total. The van der Waals surface area contributed by atoms with E-state index in [1.54, 1.807) is 305 Å². The van der Waals surface area contributed by atoms with E-state index in [2.05, 4.69) is 59.6 Å². The first-order chi connectivity index (χ1) is 37.8. The van der Waals surface area contributed by atoms with Crippen LogP contribution in [0, 0.1) is 0 Å². The lowest BCUT2D eigenvalue weighted by atomic mass is 9.45. The summed E-state index contributed by atoms with van der Waals surface area (Å²) in [6.45, 7) is 0. The second kappa shape index (κ2) is 7.46. The third kappa shape index (κ3) is 1.81. The first-order valence-corrected chi connectivity index (χ1v) is 33.2. The molecule has 0 saturated heterocycles. The van der Waals surface area contributed by atoms with Gasteiger partial charge in [-0.25, -0.2) is 0 Å². The van der Waals surface area contributed by atoms with E-state index in [-0.39, 0.29) is 10.8 Å². The van der Waals surface area contributed by atoms with Gasteiger partial charge in [0.1, 0.15) is 0 Å². The van der Waals surface area contributed by atoms with Gasteiger partial charge in [0.05, 0.1) is 16.9 Å². The van der Waals surface area contributed by atoms with Crippen LogP contribution in [0.2, 0.25) is 0 Å². The van der Waals surface area contributed by atoms with Crippen molar-refractivity contribution in [2.75, 3.05) is 12.5 Å². The van der Waals surface area contributed by atoms with Crippen LogP contribution in [-0.2, 0) is 10.8 Å². The average molecular weight is 1040 g/mol. The molecule has 0 nitrogen and oxygen atoms in total. The Morgan fingerprint density at radius 3 is 0.513 bits per heavy atom. The number of thioether (sulfide) groups is 6. The summed E-state index contributed by atoms with van der Waals surface area (Å²) in [5, 5.41) is 91.4. The standard InChI is InChI=1S/C70H10S6/c1-71-65-66(72-2)76-68(75-65)67-73-5-3-69-61-53-45-35-25-17-9-7-8-11-15-13(9)21-29-23(15)33-27-19(11)20-12(8)16-14-10(7)18(17)26-32-22(14)30-24(16)34-28(20)38-37(27)47-41(33)51-43(29)49(39(45)31(21)25)57(61)59(51)63-55(47)56-48(38)42(34)52-44(30)50-40(32)46(36(26)35)54(53)62(69)58(50)60(52)64(56)70(63,69)4-6(5)74-67/h3-4H2,1-2H3. The van der Waals surface area contributed by atoms with Crippen molar-refractivity contribution in [2.24, 2.45) is 0 Å². The van der Waals surface area contributed by atoms with Crippen LogP contribution in [-0.4, -0.2) is 12.5 Å². The van der Waals surface area contributed by atoms with E-state index in [1.165, 1.54) is 12.7 Å². The second-order valence-electron chi connectivity index (χ2n) is 26.7. The van der Waals surface area contributed by atoms with E-state index in [4.69, 9.17) is 0 Å². The minimum Gasteiger partial charge on any atom is -0.121 e. The Balaban J connectivity index is 1.01. The number of rotatable bonds is 2. The summed E-state index contributed by atoms with van der Waals surface area (Å²) < 4.78 is 6.09. The van der Waals surface area contributed by atoms with Crippen LogP contribution in [0.15, 0.2) is 26.8 Å². The number of hydrogen-bond acceptors (Lipinski definition) is 6. The van der Waals surface area contributed by atoms with Crippen molar-refractivity contribution in [3.63, 3.8) is 0 Å². The van der Waals surface area contributed by atoms with Gasteiger partial charge in [0.15, 0.2) is 0 Å². The predicted octanol–water partition coefficient (Wildman–Crippen LogP) is 22.2. The highest BCUT2D eigenvalue weighted by atomic mass is 32.3. The van der Waals surface area contributed by atoms with E-state index in [0.717, 1.165) is 12.8 Å². The van der Waals surface area contributed by atoms with Crippen molar-refractivity contribution in [1.82, 2.24) is 0 Å². The van der Waals surface area contributed by atoms with Gasteiger partial charge in [0.25, 0.3) is 0 Å². The Bertz CT molecular complexity index is 7090. The summed E-state index contributed by atoms with van der Waals surface area (Å²) in [7, 11) is 0. The molecule has 5 aliphatic carbocycles. The van der Waals surface area contributed by atoms with E-state index < -0.39 is 0 Å². The largest absolute Gasteiger partial charge is 0.121 e. The second-order valence-corrected chi connectivity index (χ2v) is 33.6. The molecule has 0 bridgehead atoms. The highest BCUT2D eigenvalue weighted by molar-refractivity contribution is 8.42. The normalized spacial score (nSPS) is 23.9. The molecule has 7 aliphatic rings. The Hall–Kier alpha value is -6.22. The molecule has 0 aromatic heterocycles. The molecule has 0 fully saturated rings. The van der Waals surface area contributed by atoms with E-state index in [1.807, 2.05) is 45.8 Å². The van der Waals surface area contributed by atoms with Gasteiger partial charge in [-0.15, -0.1) is 23.5 Å². The zero-order chi connectivity index (χ0) is 45.6. The Morgan fingerprint density at radius 1 is 0.211 bits per heavy atom. The molecule has 0 saturated carbocycles. The van der Waals surface area contributed by atoms with Crippen molar-refractivity contribution in [3.05, 3.63) is 49.0 Å². The fourth-order valence-corrected chi connectivity index (χ4v) is 34.3. The molecule has 326 valence electrons.